The Kier molecular flexibility index (Phi) is 2.26. The minimum absolute atomic E-state index is 0.0786. The highest BCUT2D eigenvalue weighted by Gasteiger charge is 2.26. The van der Waals surface area contributed by atoms with Crippen molar-refractivity contribution >= 4 is 33.1 Å². The average molecular weight is 310 g/mol. The lowest BCUT2D eigenvalue weighted by Crippen LogP contribution is -2.02. The van der Waals surface area contributed by atoms with E-state index in [-0.39, 0.29) is 23.6 Å². The van der Waals surface area contributed by atoms with Crippen LogP contribution in [-0.2, 0) is 0 Å². The standard InChI is InChI=1S/C17H10O6/c1-19-16-14-9(6-11-15(16)21-7-20-11)13(18)12-8-4-2-3-5-10(8)22-17(12)23-14/h2-6H,7H2,1H3. The smallest absolute Gasteiger partial charge is 0.302 e. The van der Waals surface area contributed by atoms with E-state index in [9.17, 15) is 4.79 Å². The Labute approximate surface area is 128 Å². The fraction of sp³-hybridized carbons (Fsp3) is 0.118. The van der Waals surface area contributed by atoms with Gasteiger partial charge in [0.1, 0.15) is 11.0 Å². The molecule has 0 fully saturated rings. The maximum atomic E-state index is 13.0. The molecule has 6 heteroatoms. The zero-order valence-corrected chi connectivity index (χ0v) is 12.0. The number of methoxy groups -OCH3 is 1. The van der Waals surface area contributed by atoms with E-state index >= 15 is 0 Å². The molecule has 0 atom stereocenters. The Morgan fingerprint density at radius 2 is 1.96 bits per heavy atom. The molecule has 1 aliphatic heterocycles. The Morgan fingerprint density at radius 3 is 2.83 bits per heavy atom. The number of hydrogen-bond acceptors (Lipinski definition) is 6. The molecule has 0 N–H and O–H groups in total. The van der Waals surface area contributed by atoms with Crippen LogP contribution in [0.25, 0.3) is 33.1 Å². The molecule has 0 bridgehead atoms. The lowest BCUT2D eigenvalue weighted by atomic mass is 10.1. The van der Waals surface area contributed by atoms with Crippen molar-refractivity contribution in [2.45, 2.75) is 0 Å². The molecule has 114 valence electrons. The maximum Gasteiger partial charge on any atom is 0.302 e. The molecule has 6 nitrogen and oxygen atoms in total. The summed E-state index contributed by atoms with van der Waals surface area (Å²) in [6.07, 6.45) is 0. The van der Waals surface area contributed by atoms with Crippen molar-refractivity contribution in [3.8, 4) is 17.2 Å². The van der Waals surface area contributed by atoms with E-state index in [1.807, 2.05) is 18.2 Å². The van der Waals surface area contributed by atoms with E-state index < -0.39 is 0 Å². The molecule has 0 amide bonds. The van der Waals surface area contributed by atoms with Gasteiger partial charge in [0.15, 0.2) is 11.3 Å². The molecule has 1 aliphatic rings. The zero-order chi connectivity index (χ0) is 15.6. The number of ether oxygens (including phenoxy) is 3. The fourth-order valence-electron chi connectivity index (χ4n) is 2.99. The van der Waals surface area contributed by atoms with Gasteiger partial charge in [-0.2, -0.15) is 0 Å². The molecular weight excluding hydrogens is 300 g/mol. The van der Waals surface area contributed by atoms with Crippen molar-refractivity contribution in [1.29, 1.82) is 0 Å². The zero-order valence-electron chi connectivity index (χ0n) is 12.0. The molecule has 23 heavy (non-hydrogen) atoms. The predicted octanol–water partition coefficient (Wildman–Crippen LogP) is 3.43. The van der Waals surface area contributed by atoms with Gasteiger partial charge in [0.05, 0.1) is 12.5 Å². The quantitative estimate of drug-likeness (QED) is 0.536. The summed E-state index contributed by atoms with van der Waals surface area (Å²) in [5.74, 6) is 1.39. The van der Waals surface area contributed by atoms with Gasteiger partial charge in [0.25, 0.3) is 0 Å². The molecule has 0 unspecified atom stereocenters. The number of furan rings is 1. The summed E-state index contributed by atoms with van der Waals surface area (Å²) < 4.78 is 27.6. The number of hydrogen-bond donors (Lipinski definition) is 0. The second kappa shape index (κ2) is 4.19. The normalized spacial score (nSPS) is 13.3. The predicted molar refractivity (Wildman–Crippen MR) is 82.4 cm³/mol. The largest absolute Gasteiger partial charge is 0.490 e. The number of para-hydroxylation sites is 1. The molecule has 0 aliphatic carbocycles. The molecule has 4 aromatic rings. The first-order chi connectivity index (χ1) is 11.3. The van der Waals surface area contributed by atoms with Gasteiger partial charge in [-0.3, -0.25) is 4.79 Å². The van der Waals surface area contributed by atoms with Crippen molar-refractivity contribution < 1.29 is 23.0 Å². The van der Waals surface area contributed by atoms with E-state index in [0.717, 1.165) is 5.39 Å². The maximum absolute atomic E-state index is 13.0. The number of fused-ring (bicyclic) bond motifs is 5. The topological polar surface area (TPSA) is 71.0 Å². The van der Waals surface area contributed by atoms with Gasteiger partial charge in [-0.15, -0.1) is 0 Å². The monoisotopic (exact) mass is 310 g/mol. The van der Waals surface area contributed by atoms with Gasteiger partial charge in [0.2, 0.25) is 23.7 Å². The van der Waals surface area contributed by atoms with Crippen molar-refractivity contribution in [2.75, 3.05) is 13.9 Å². The second-order valence-electron chi connectivity index (χ2n) is 5.21. The molecule has 2 aromatic heterocycles. The van der Waals surface area contributed by atoms with E-state index in [1.165, 1.54) is 7.11 Å². The minimum Gasteiger partial charge on any atom is -0.490 e. The van der Waals surface area contributed by atoms with Crippen LogP contribution < -0.4 is 19.6 Å². The Balaban J connectivity index is 2.04. The second-order valence-corrected chi connectivity index (χ2v) is 5.21. The molecule has 5 rings (SSSR count). The van der Waals surface area contributed by atoms with Gasteiger partial charge in [-0.1, -0.05) is 18.2 Å². The summed E-state index contributed by atoms with van der Waals surface area (Å²) in [6.45, 7) is 0.0786. The third kappa shape index (κ3) is 1.49. The first-order valence-corrected chi connectivity index (χ1v) is 7.02. The van der Waals surface area contributed by atoms with Gasteiger partial charge in [-0.05, 0) is 12.1 Å². The molecular formula is C17H10O6. The molecule has 3 heterocycles. The summed E-state index contributed by atoms with van der Waals surface area (Å²) in [5, 5.41) is 1.49. The van der Waals surface area contributed by atoms with Crippen LogP contribution >= 0.6 is 0 Å². The van der Waals surface area contributed by atoms with Gasteiger partial charge < -0.3 is 23.0 Å². The van der Waals surface area contributed by atoms with E-state index in [2.05, 4.69) is 0 Å². The molecule has 0 saturated carbocycles. The highest BCUT2D eigenvalue weighted by Crippen LogP contribution is 2.46. The Hall–Kier alpha value is -3.15. The van der Waals surface area contributed by atoms with Gasteiger partial charge in [0, 0.05) is 5.39 Å². The van der Waals surface area contributed by atoms with E-state index in [1.54, 1.807) is 12.1 Å². The van der Waals surface area contributed by atoms with Crippen LogP contribution in [0.2, 0.25) is 0 Å². The Bertz CT molecular complexity index is 1150. The van der Waals surface area contributed by atoms with E-state index in [0.29, 0.717) is 33.6 Å². The van der Waals surface area contributed by atoms with Crippen LogP contribution in [0.5, 0.6) is 17.2 Å². The van der Waals surface area contributed by atoms with Crippen molar-refractivity contribution in [3.05, 3.63) is 40.6 Å². The molecule has 2 aromatic carbocycles. The first kappa shape index (κ1) is 12.4. The average Bonchev–Trinajstić information content (AvgIpc) is 3.17. The van der Waals surface area contributed by atoms with Crippen LogP contribution in [0.15, 0.2) is 44.0 Å². The van der Waals surface area contributed by atoms with Gasteiger partial charge in [-0.25, -0.2) is 0 Å². The van der Waals surface area contributed by atoms with Crippen molar-refractivity contribution in [3.63, 3.8) is 0 Å². The summed E-state index contributed by atoms with van der Waals surface area (Å²) in [7, 11) is 1.49. The summed E-state index contributed by atoms with van der Waals surface area (Å²) in [5.41, 5.74) is 0.689. The lowest BCUT2D eigenvalue weighted by molar-refractivity contribution is 0.171. The highest BCUT2D eigenvalue weighted by atomic mass is 16.7. The number of benzene rings is 2. The fourth-order valence-corrected chi connectivity index (χ4v) is 2.99. The molecule has 0 saturated heterocycles. The third-order valence-electron chi connectivity index (χ3n) is 4.01. The van der Waals surface area contributed by atoms with E-state index in [4.69, 9.17) is 23.0 Å². The lowest BCUT2D eigenvalue weighted by Gasteiger charge is -2.07. The molecule has 0 radical (unpaired) electrons. The van der Waals surface area contributed by atoms with Crippen LogP contribution in [0.3, 0.4) is 0 Å². The summed E-state index contributed by atoms with van der Waals surface area (Å²) >= 11 is 0. The van der Waals surface area contributed by atoms with Gasteiger partial charge >= 0.3 is 5.78 Å². The third-order valence-corrected chi connectivity index (χ3v) is 4.01. The minimum atomic E-state index is -0.192. The SMILES string of the molecule is COc1c2c(cc3c(=O)c4c(oc5ccccc54)oc13)OCO2. The van der Waals surface area contributed by atoms with Crippen LogP contribution in [0, 0.1) is 0 Å². The van der Waals surface area contributed by atoms with Crippen molar-refractivity contribution in [1.82, 2.24) is 0 Å². The van der Waals surface area contributed by atoms with Crippen LogP contribution in [-0.4, -0.2) is 13.9 Å². The van der Waals surface area contributed by atoms with Crippen LogP contribution in [0.4, 0.5) is 0 Å². The highest BCUT2D eigenvalue weighted by molar-refractivity contribution is 6.07. The summed E-state index contributed by atoms with van der Waals surface area (Å²) in [6, 6.07) is 8.92. The van der Waals surface area contributed by atoms with Crippen molar-refractivity contribution in [2.24, 2.45) is 0 Å². The Morgan fingerprint density at radius 1 is 1.09 bits per heavy atom. The first-order valence-electron chi connectivity index (χ1n) is 7.02. The number of rotatable bonds is 1. The summed E-state index contributed by atoms with van der Waals surface area (Å²) in [4.78, 5) is 13.0. The van der Waals surface area contributed by atoms with Crippen LogP contribution in [0.1, 0.15) is 0 Å². The molecule has 0 spiro atoms.